The van der Waals surface area contributed by atoms with Gasteiger partial charge in [-0.05, 0) is 29.7 Å². The van der Waals surface area contributed by atoms with Crippen LogP contribution in [0.25, 0.3) is 11.1 Å². The summed E-state index contributed by atoms with van der Waals surface area (Å²) in [5, 5.41) is 25.7. The molecule has 2 aromatic rings. The van der Waals surface area contributed by atoms with Gasteiger partial charge in [-0.2, -0.15) is 13.2 Å². The van der Waals surface area contributed by atoms with E-state index in [4.69, 9.17) is 15.3 Å². The summed E-state index contributed by atoms with van der Waals surface area (Å²) in [6.45, 7) is 2.18. The highest BCUT2D eigenvalue weighted by molar-refractivity contribution is 5.64. The van der Waals surface area contributed by atoms with E-state index in [1.54, 1.807) is 30.3 Å². The normalized spacial score (nSPS) is 11.7. The summed E-state index contributed by atoms with van der Waals surface area (Å²) in [5.74, 6) is -2.45. The van der Waals surface area contributed by atoms with Crippen molar-refractivity contribution >= 4 is 0 Å². The topological polar surface area (TPSA) is 60.7 Å². The molecule has 6 heteroatoms. The molecule has 0 unspecified atom stereocenters. The third-order valence-corrected chi connectivity index (χ3v) is 4.41. The van der Waals surface area contributed by atoms with E-state index in [9.17, 15) is 13.2 Å². The van der Waals surface area contributed by atoms with Gasteiger partial charge in [0.25, 0.3) is 5.97 Å². The van der Waals surface area contributed by atoms with Gasteiger partial charge in [0.1, 0.15) is 0 Å². The zero-order valence-electron chi connectivity index (χ0n) is 16.8. The number of halogens is 3. The Kier molecular flexibility index (Phi) is 10.9. The Morgan fingerprint density at radius 2 is 1.24 bits per heavy atom. The van der Waals surface area contributed by atoms with Crippen molar-refractivity contribution in [2.24, 2.45) is 0 Å². The van der Waals surface area contributed by atoms with E-state index in [0.717, 1.165) is 30.5 Å². The highest BCUT2D eigenvalue weighted by atomic mass is 19.4. The highest BCUT2D eigenvalue weighted by Gasteiger charge is 2.30. The van der Waals surface area contributed by atoms with E-state index in [0.29, 0.717) is 12.0 Å². The smallest absolute Gasteiger partial charge is 0.344 e. The van der Waals surface area contributed by atoms with Crippen LogP contribution in [0, 0.1) is 0 Å². The maximum Gasteiger partial charge on any atom is 0.416 e. The summed E-state index contributed by atoms with van der Waals surface area (Å²) in [7, 11) is 0. The van der Waals surface area contributed by atoms with Crippen molar-refractivity contribution in [3.63, 3.8) is 0 Å². The third kappa shape index (κ3) is 11.6. The Morgan fingerprint density at radius 1 is 0.690 bits per heavy atom. The van der Waals surface area contributed by atoms with E-state index < -0.39 is 17.7 Å². The molecule has 0 radical (unpaired) electrons. The molecular formula is C23H31F3O3. The molecule has 162 valence electrons. The minimum Gasteiger partial charge on any atom is -0.344 e. The lowest BCUT2D eigenvalue weighted by molar-refractivity contribution is -0.315. The first-order chi connectivity index (χ1) is 13.6. The van der Waals surface area contributed by atoms with Gasteiger partial charge in [-0.15, -0.1) is 0 Å². The Morgan fingerprint density at radius 3 is 1.79 bits per heavy atom. The van der Waals surface area contributed by atoms with Gasteiger partial charge in [-0.25, -0.2) is 0 Å². The van der Waals surface area contributed by atoms with Gasteiger partial charge in [0, 0.05) is 6.42 Å². The fourth-order valence-electron chi connectivity index (χ4n) is 2.82. The summed E-state index contributed by atoms with van der Waals surface area (Å²) in [6.07, 6.45) is 3.53. The molecule has 0 aliphatic heterocycles. The second-order valence-corrected chi connectivity index (χ2v) is 7.09. The van der Waals surface area contributed by atoms with Crippen LogP contribution in [0.3, 0.4) is 0 Å². The molecule has 0 heterocycles. The van der Waals surface area contributed by atoms with E-state index >= 15 is 0 Å². The number of hydrogen-bond acceptors (Lipinski definition) is 3. The molecule has 0 bridgehead atoms. The number of aliphatic hydroxyl groups is 3. The molecule has 0 aliphatic carbocycles. The van der Waals surface area contributed by atoms with Crippen molar-refractivity contribution in [1.29, 1.82) is 0 Å². The number of alkyl halides is 3. The largest absolute Gasteiger partial charge is 0.416 e. The van der Waals surface area contributed by atoms with Crippen LogP contribution in [0.2, 0.25) is 0 Å². The molecule has 0 aromatic heterocycles. The van der Waals surface area contributed by atoms with Crippen molar-refractivity contribution in [3.8, 4) is 11.1 Å². The second-order valence-electron chi connectivity index (χ2n) is 7.09. The number of benzene rings is 2. The molecule has 0 atom stereocenters. The van der Waals surface area contributed by atoms with Crippen molar-refractivity contribution in [2.45, 2.75) is 70.4 Å². The number of rotatable bonds is 9. The van der Waals surface area contributed by atoms with Crippen molar-refractivity contribution < 1.29 is 28.5 Å². The van der Waals surface area contributed by atoms with Crippen LogP contribution in [0.15, 0.2) is 54.6 Å². The lowest BCUT2D eigenvalue weighted by atomic mass is 10.0. The summed E-state index contributed by atoms with van der Waals surface area (Å²) >= 11 is 0. The lowest BCUT2D eigenvalue weighted by Crippen LogP contribution is -2.26. The Labute approximate surface area is 170 Å². The predicted molar refractivity (Wildman–Crippen MR) is 109 cm³/mol. The van der Waals surface area contributed by atoms with Crippen LogP contribution >= 0.6 is 0 Å². The molecule has 0 aliphatic rings. The average Bonchev–Trinajstić information content (AvgIpc) is 2.67. The predicted octanol–water partition coefficient (Wildman–Crippen LogP) is 6.13. The number of unbranched alkanes of at least 4 members (excludes halogenated alkanes) is 6. The Balaban J connectivity index is 0.000000298. The number of hydrogen-bond donors (Lipinski definition) is 3. The van der Waals surface area contributed by atoms with Gasteiger partial charge in [-0.3, -0.25) is 0 Å². The minimum absolute atomic E-state index is 0.0563. The molecule has 0 amide bonds. The monoisotopic (exact) mass is 412 g/mol. The van der Waals surface area contributed by atoms with Crippen LogP contribution in [-0.2, 0) is 6.18 Å². The minimum atomic E-state index is -4.29. The maximum absolute atomic E-state index is 12.5. The first-order valence-corrected chi connectivity index (χ1v) is 10.0. The Hall–Kier alpha value is -1.89. The van der Waals surface area contributed by atoms with Crippen molar-refractivity contribution in [1.82, 2.24) is 0 Å². The molecule has 2 rings (SSSR count). The van der Waals surface area contributed by atoms with E-state index in [1.165, 1.54) is 31.7 Å². The van der Waals surface area contributed by atoms with Gasteiger partial charge in [-0.1, -0.05) is 87.9 Å². The molecule has 3 N–H and O–H groups in total. The van der Waals surface area contributed by atoms with Gasteiger partial charge < -0.3 is 15.3 Å². The van der Waals surface area contributed by atoms with Crippen LogP contribution in [0.1, 0.15) is 63.9 Å². The molecule has 2 aromatic carbocycles. The van der Waals surface area contributed by atoms with E-state index in [2.05, 4.69) is 6.92 Å². The molecule has 3 nitrogen and oxygen atoms in total. The Bertz CT molecular complexity index is 680. The summed E-state index contributed by atoms with van der Waals surface area (Å²) in [4.78, 5) is 0. The summed E-state index contributed by atoms with van der Waals surface area (Å²) < 4.78 is 37.5. The molecule has 0 saturated carbocycles. The first kappa shape index (κ1) is 25.1. The van der Waals surface area contributed by atoms with Crippen LogP contribution in [0.4, 0.5) is 13.2 Å². The average molecular weight is 412 g/mol. The van der Waals surface area contributed by atoms with E-state index in [1.807, 2.05) is 6.07 Å². The van der Waals surface area contributed by atoms with Gasteiger partial charge >= 0.3 is 6.18 Å². The maximum atomic E-state index is 12.5. The molecule has 0 fully saturated rings. The third-order valence-electron chi connectivity index (χ3n) is 4.41. The molecule has 29 heavy (non-hydrogen) atoms. The fraction of sp³-hybridized carbons (Fsp3) is 0.478. The summed E-state index contributed by atoms with van der Waals surface area (Å²) in [6, 6.07) is 14.3. The molecule has 0 saturated heterocycles. The van der Waals surface area contributed by atoms with E-state index in [-0.39, 0.29) is 6.42 Å². The van der Waals surface area contributed by atoms with Crippen molar-refractivity contribution in [3.05, 3.63) is 60.2 Å². The standard InChI is InChI=1S/C13H9F3.C10H22O3/c14-13(15,16)12-8-4-7-11(9-12)10-5-2-1-3-6-10;1-2-3-4-5-6-7-8-9-10(11,12)13/h1-9H;11-13H,2-9H2,1H3. The lowest BCUT2D eigenvalue weighted by Gasteiger charge is -2.12. The van der Waals surface area contributed by atoms with Gasteiger partial charge in [0.2, 0.25) is 0 Å². The van der Waals surface area contributed by atoms with Crippen LogP contribution < -0.4 is 0 Å². The zero-order valence-corrected chi connectivity index (χ0v) is 16.8. The SMILES string of the molecule is CCCCCCCCCC(O)(O)O.FC(F)(F)c1cccc(-c2ccccc2)c1. The summed E-state index contributed by atoms with van der Waals surface area (Å²) in [5.41, 5.74) is 0.748. The first-order valence-electron chi connectivity index (χ1n) is 10.0. The quantitative estimate of drug-likeness (QED) is 0.343. The van der Waals surface area contributed by atoms with Crippen molar-refractivity contribution in [2.75, 3.05) is 0 Å². The highest BCUT2D eigenvalue weighted by Crippen LogP contribution is 2.31. The van der Waals surface area contributed by atoms with Crippen LogP contribution in [0.5, 0.6) is 0 Å². The second kappa shape index (κ2) is 12.6. The fourth-order valence-corrected chi connectivity index (χ4v) is 2.82. The molecule has 0 spiro atoms. The zero-order chi connectivity index (χ0) is 21.8. The van der Waals surface area contributed by atoms with Crippen LogP contribution in [-0.4, -0.2) is 21.3 Å². The van der Waals surface area contributed by atoms with Gasteiger partial charge in [0.15, 0.2) is 0 Å². The van der Waals surface area contributed by atoms with Gasteiger partial charge in [0.05, 0.1) is 5.56 Å². The molecular weight excluding hydrogens is 381 g/mol.